The molecule has 2 aliphatic rings. The van der Waals surface area contributed by atoms with Crippen LogP contribution in [-0.4, -0.2) is 74.4 Å². The fraction of sp³-hybridized carbons (Fsp3) is 0.208. The number of thiazole rings is 2. The number of hydrogen-bond acceptors (Lipinski definition) is 17. The average molecular weight is 1090 g/mol. The Morgan fingerprint density at radius 3 is 2.07 bits per heavy atom. The van der Waals surface area contributed by atoms with Gasteiger partial charge in [-0.2, -0.15) is 10.5 Å². The van der Waals surface area contributed by atoms with Crippen LogP contribution >= 0.6 is 38.6 Å². The van der Waals surface area contributed by atoms with Crippen LogP contribution in [0.1, 0.15) is 27.8 Å². The Labute approximate surface area is 422 Å². The van der Waals surface area contributed by atoms with Crippen molar-refractivity contribution >= 4 is 80.3 Å². The van der Waals surface area contributed by atoms with Crippen molar-refractivity contribution in [3.63, 3.8) is 0 Å². The normalized spacial score (nSPS) is 12.5. The van der Waals surface area contributed by atoms with Crippen molar-refractivity contribution in [3.8, 4) is 40.9 Å². The summed E-state index contributed by atoms with van der Waals surface area (Å²) < 4.78 is 83.0. The smallest absolute Gasteiger partial charge is 0.266 e. The molecule has 22 heteroatoms. The van der Waals surface area contributed by atoms with E-state index in [1.807, 2.05) is 24.3 Å². The van der Waals surface area contributed by atoms with E-state index >= 15 is 0 Å². The molecule has 2 N–H and O–H groups in total. The Balaban J connectivity index is 0.000000168. The Bertz CT molecular complexity index is 3200. The van der Waals surface area contributed by atoms with Gasteiger partial charge in [0.25, 0.3) is 20.0 Å². The molecule has 0 saturated carbocycles. The number of nitrogens with zero attached hydrogens (tertiary/aromatic N) is 6. The van der Waals surface area contributed by atoms with Crippen LogP contribution in [0.15, 0.2) is 130 Å². The van der Waals surface area contributed by atoms with Gasteiger partial charge in [-0.05, 0) is 66.2 Å². The molecule has 17 nitrogen and oxygen atoms in total. The topological polar surface area (TPSA) is 218 Å². The van der Waals surface area contributed by atoms with E-state index in [4.69, 9.17) is 34.2 Å². The number of anilines is 4. The number of sulfonamides is 2. The van der Waals surface area contributed by atoms with Crippen LogP contribution in [0, 0.1) is 22.7 Å². The van der Waals surface area contributed by atoms with Crippen molar-refractivity contribution in [3.05, 3.63) is 148 Å². The lowest BCUT2D eigenvalue weighted by molar-refractivity contribution is 0.305. The first-order chi connectivity index (χ1) is 33.9. The van der Waals surface area contributed by atoms with Crippen LogP contribution in [0.5, 0.6) is 28.7 Å². The van der Waals surface area contributed by atoms with Gasteiger partial charge in [-0.15, -0.1) is 22.7 Å². The number of aromatic nitrogens is 2. The summed E-state index contributed by atoms with van der Waals surface area (Å²) in [5.74, 6) is 3.14. The highest BCUT2D eigenvalue weighted by atomic mass is 79.9. The lowest BCUT2D eigenvalue weighted by atomic mass is 10.1. The highest BCUT2D eigenvalue weighted by Crippen LogP contribution is 2.37. The molecule has 362 valence electrons. The Morgan fingerprint density at radius 2 is 1.43 bits per heavy atom. The number of hydrogen-bond donors (Lipinski definition) is 2. The van der Waals surface area contributed by atoms with E-state index in [0.717, 1.165) is 39.1 Å². The van der Waals surface area contributed by atoms with Gasteiger partial charge in [0.15, 0.2) is 10.3 Å². The van der Waals surface area contributed by atoms with Gasteiger partial charge >= 0.3 is 0 Å². The molecule has 9 rings (SSSR count). The minimum absolute atomic E-state index is 0.106. The third kappa shape index (κ3) is 12.4. The molecule has 2 aromatic heterocycles. The zero-order valence-electron chi connectivity index (χ0n) is 37.9. The number of alkyl halides is 1. The lowest BCUT2D eigenvalue weighted by Crippen LogP contribution is -2.32. The van der Waals surface area contributed by atoms with E-state index in [0.29, 0.717) is 77.2 Å². The van der Waals surface area contributed by atoms with Crippen LogP contribution in [0.25, 0.3) is 0 Å². The Kier molecular flexibility index (Phi) is 17.0. The first kappa shape index (κ1) is 50.8. The molecule has 0 fully saturated rings. The molecule has 0 saturated heterocycles. The van der Waals surface area contributed by atoms with Gasteiger partial charge in [0, 0.05) is 64.8 Å². The minimum atomic E-state index is -3.83. The van der Waals surface area contributed by atoms with E-state index in [9.17, 15) is 16.8 Å². The van der Waals surface area contributed by atoms with E-state index in [-0.39, 0.29) is 16.3 Å². The number of ether oxygens (including phenoxy) is 5. The van der Waals surface area contributed by atoms with Crippen molar-refractivity contribution in [2.45, 2.75) is 28.2 Å². The van der Waals surface area contributed by atoms with Gasteiger partial charge in [0.2, 0.25) is 0 Å². The fourth-order valence-corrected chi connectivity index (χ4v) is 11.6. The fourth-order valence-electron chi connectivity index (χ4n) is 7.01. The Morgan fingerprint density at radius 1 is 0.771 bits per heavy atom. The van der Waals surface area contributed by atoms with Gasteiger partial charge in [-0.3, -0.25) is 4.72 Å². The number of halogens is 1. The predicted molar refractivity (Wildman–Crippen MR) is 273 cm³/mol. The van der Waals surface area contributed by atoms with Crippen LogP contribution in [0.3, 0.4) is 0 Å². The largest absolute Gasteiger partial charge is 0.497 e. The van der Waals surface area contributed by atoms with Crippen molar-refractivity contribution < 1.29 is 40.5 Å². The first-order valence-corrected chi connectivity index (χ1v) is 26.9. The molecule has 0 unspecified atom stereocenters. The van der Waals surface area contributed by atoms with Crippen LogP contribution < -0.4 is 42.9 Å². The number of fused-ring (bicyclic) bond motifs is 2. The van der Waals surface area contributed by atoms with Crippen LogP contribution in [0.4, 0.5) is 21.6 Å². The molecule has 0 radical (unpaired) electrons. The number of benzene rings is 5. The standard InChI is InChI=1S/C20H18N4O4S2.C19H19N3O4S2.C9H8BrNO/c1-27-18-10-14(12-21)2-3-15(18)13-24-7-8-28-19-11-16(4-5-17(19)24)30(25,26)23-20-22-6-9-29-20;1-25-15-4-2-14(3-5-15)13-22(19-21-9-11-27-19)28(23,24)16-6-7-17-18(12-16)26-10-8-20-17;1-12-9-4-7(6-11)2-3-8(9)5-10/h2-6,9-11H,7-8,13H2,1H3,(H,22,23);2-7,9,11-12,20H,8,10,13H2,1H3;2-4H,5H2,1H3. The monoisotopic (exact) mass is 1080 g/mol. The van der Waals surface area contributed by atoms with Crippen molar-refractivity contribution in [1.29, 1.82) is 10.5 Å². The highest BCUT2D eigenvalue weighted by Gasteiger charge is 2.29. The summed E-state index contributed by atoms with van der Waals surface area (Å²) in [4.78, 5) is 10.5. The molecule has 7 aromatic rings. The maximum absolute atomic E-state index is 13.4. The number of methoxy groups -OCH3 is 3. The Hall–Kier alpha value is -7.08. The number of nitrogens with one attached hydrogen (secondary N) is 2. The summed E-state index contributed by atoms with van der Waals surface area (Å²) in [7, 11) is -2.83. The minimum Gasteiger partial charge on any atom is -0.497 e. The van der Waals surface area contributed by atoms with E-state index in [2.05, 4.69) is 53.0 Å². The zero-order chi connectivity index (χ0) is 49.7. The molecular weight excluding hydrogens is 1040 g/mol. The molecule has 2 aliphatic heterocycles. The molecule has 0 amide bonds. The summed E-state index contributed by atoms with van der Waals surface area (Å²) in [6.45, 7) is 2.96. The number of nitriles is 2. The molecule has 0 aliphatic carbocycles. The molecular formula is C48H45BrN8O9S4. The summed E-state index contributed by atoms with van der Waals surface area (Å²) >= 11 is 5.82. The lowest BCUT2D eigenvalue weighted by Gasteiger charge is -2.32. The summed E-state index contributed by atoms with van der Waals surface area (Å²) in [6, 6.07) is 31.9. The second-order valence-electron chi connectivity index (χ2n) is 14.9. The maximum atomic E-state index is 13.4. The van der Waals surface area contributed by atoms with E-state index in [1.54, 1.807) is 105 Å². The second-order valence-corrected chi connectivity index (χ2v) is 20.7. The molecule has 70 heavy (non-hydrogen) atoms. The van der Waals surface area contributed by atoms with E-state index < -0.39 is 20.0 Å². The van der Waals surface area contributed by atoms with Gasteiger partial charge in [-0.1, -0.05) is 40.2 Å². The summed E-state index contributed by atoms with van der Waals surface area (Å²) in [5.41, 5.74) is 5.54. The van der Waals surface area contributed by atoms with Crippen molar-refractivity contribution in [2.24, 2.45) is 0 Å². The average Bonchev–Trinajstić information content (AvgIpc) is 4.13. The second kappa shape index (κ2) is 23.5. The predicted octanol–water partition coefficient (Wildman–Crippen LogP) is 9.04. The molecule has 4 heterocycles. The maximum Gasteiger partial charge on any atom is 0.266 e. The van der Waals surface area contributed by atoms with Gasteiger partial charge < -0.3 is 33.9 Å². The van der Waals surface area contributed by atoms with E-state index in [1.165, 1.54) is 39.2 Å². The van der Waals surface area contributed by atoms with Crippen LogP contribution in [0.2, 0.25) is 0 Å². The summed E-state index contributed by atoms with van der Waals surface area (Å²) in [5, 5.41) is 25.8. The third-order valence-corrected chi connectivity index (χ3v) is 15.9. The van der Waals surface area contributed by atoms with Gasteiger partial charge in [-0.25, -0.2) is 31.1 Å². The number of rotatable bonds is 14. The van der Waals surface area contributed by atoms with Crippen LogP contribution in [-0.2, 0) is 38.5 Å². The van der Waals surface area contributed by atoms with Gasteiger partial charge in [0.05, 0.1) is 78.8 Å². The molecule has 0 atom stereocenters. The summed E-state index contributed by atoms with van der Waals surface area (Å²) in [6.07, 6.45) is 3.13. The third-order valence-electron chi connectivity index (χ3n) is 10.5. The quantitative estimate of drug-likeness (QED) is 0.0971. The zero-order valence-corrected chi connectivity index (χ0v) is 42.7. The molecule has 0 bridgehead atoms. The highest BCUT2D eigenvalue weighted by molar-refractivity contribution is 9.08. The SMILES string of the molecule is COc1cc(C#N)ccc1CBr.COc1cc(C#N)ccc1CN1CCOc2cc(S(=O)(=O)Nc3nccs3)ccc21.COc1ccc(CN(c2nccs2)S(=O)(=O)c2ccc3c(c2)OCCN3)cc1. The van der Waals surface area contributed by atoms with Crippen molar-refractivity contribution in [2.75, 3.05) is 66.9 Å². The molecule has 5 aromatic carbocycles. The first-order valence-electron chi connectivity index (χ1n) is 21.1. The molecule has 0 spiro atoms. The van der Waals surface area contributed by atoms with Gasteiger partial charge in [0.1, 0.15) is 42.0 Å². The van der Waals surface area contributed by atoms with Crippen molar-refractivity contribution in [1.82, 2.24) is 9.97 Å².